The van der Waals surface area contributed by atoms with E-state index in [1.165, 1.54) is 19.1 Å². The van der Waals surface area contributed by atoms with Crippen molar-refractivity contribution in [2.24, 2.45) is 0 Å². The van der Waals surface area contributed by atoms with Gasteiger partial charge < -0.3 is 9.30 Å². The number of hydroxylamine groups is 1. The Morgan fingerprint density at radius 3 is 2.62 bits per heavy atom. The number of nitrogens with zero attached hydrogens (tertiary/aromatic N) is 1. The first-order chi connectivity index (χ1) is 15.9. The zero-order valence-corrected chi connectivity index (χ0v) is 20.2. The summed E-state index contributed by atoms with van der Waals surface area (Å²) in [4.78, 5) is 30.5. The molecule has 186 valence electrons. The van der Waals surface area contributed by atoms with Gasteiger partial charge >= 0.3 is 0 Å². The number of rotatable bonds is 8. The third-order valence-electron chi connectivity index (χ3n) is 5.85. The van der Waals surface area contributed by atoms with Crippen LogP contribution in [-0.2, 0) is 30.8 Å². The number of sulfone groups is 1. The molecule has 8 nitrogen and oxygen atoms in total. The first-order valence-electron chi connectivity index (χ1n) is 10.5. The number of carbonyl (C=O) groups is 1. The van der Waals surface area contributed by atoms with Crippen molar-refractivity contribution in [2.75, 3.05) is 12.9 Å². The van der Waals surface area contributed by atoms with Crippen molar-refractivity contribution in [3.63, 3.8) is 0 Å². The van der Waals surface area contributed by atoms with Gasteiger partial charge in [0.05, 0.1) is 0 Å². The van der Waals surface area contributed by atoms with Crippen LogP contribution < -0.4 is 11.0 Å². The third-order valence-corrected chi connectivity index (χ3v) is 8.11. The van der Waals surface area contributed by atoms with Crippen LogP contribution in [0.2, 0.25) is 5.02 Å². The summed E-state index contributed by atoms with van der Waals surface area (Å²) in [7, 11) is -3.97. The molecule has 1 N–H and O–H groups in total. The highest BCUT2D eigenvalue weighted by molar-refractivity contribution is 7.92. The molecule has 2 aromatic rings. The Bertz CT molecular complexity index is 1230. The second-order valence-electron chi connectivity index (χ2n) is 8.29. The van der Waals surface area contributed by atoms with E-state index in [1.54, 1.807) is 0 Å². The molecule has 0 bridgehead atoms. The van der Waals surface area contributed by atoms with Crippen LogP contribution in [0.1, 0.15) is 32.6 Å². The van der Waals surface area contributed by atoms with Gasteiger partial charge in [0, 0.05) is 54.2 Å². The highest BCUT2D eigenvalue weighted by atomic mass is 35.5. The molecule has 1 aliphatic heterocycles. The minimum Gasteiger partial charge on any atom is -0.350 e. The van der Waals surface area contributed by atoms with Crippen LogP contribution in [0.3, 0.4) is 0 Å². The molecule has 2 atom stereocenters. The van der Waals surface area contributed by atoms with E-state index in [0.717, 1.165) is 42.0 Å². The number of aromatic nitrogens is 1. The third kappa shape index (κ3) is 5.83. The van der Waals surface area contributed by atoms with Crippen LogP contribution in [0, 0.1) is 11.6 Å². The van der Waals surface area contributed by atoms with Crippen LogP contribution in [-0.4, -0.2) is 42.8 Å². The molecule has 1 aromatic carbocycles. The lowest BCUT2D eigenvalue weighted by molar-refractivity contribution is -0.201. The number of nitrogens with one attached hydrogen (secondary N) is 1. The number of amides is 1. The second kappa shape index (κ2) is 10.5. The van der Waals surface area contributed by atoms with Gasteiger partial charge in [0.15, 0.2) is 20.9 Å². The molecule has 12 heteroatoms. The summed E-state index contributed by atoms with van der Waals surface area (Å²) >= 11 is 5.72. The van der Waals surface area contributed by atoms with Gasteiger partial charge in [-0.1, -0.05) is 11.6 Å². The van der Waals surface area contributed by atoms with Crippen molar-refractivity contribution in [1.82, 2.24) is 10.0 Å². The number of ether oxygens (including phenoxy) is 1. The molecular weight excluding hydrogens is 494 g/mol. The Labute approximate surface area is 200 Å². The van der Waals surface area contributed by atoms with Gasteiger partial charge in [0.25, 0.3) is 11.5 Å². The van der Waals surface area contributed by atoms with Gasteiger partial charge in [-0.25, -0.2) is 27.5 Å². The molecule has 1 saturated heterocycles. The van der Waals surface area contributed by atoms with Crippen molar-refractivity contribution in [3.8, 4) is 11.1 Å². The van der Waals surface area contributed by atoms with E-state index in [9.17, 15) is 26.8 Å². The molecular formula is C22H25ClF2N2O6S. The number of benzene rings is 1. The van der Waals surface area contributed by atoms with Crippen molar-refractivity contribution in [2.45, 2.75) is 50.2 Å². The average Bonchev–Trinajstić information content (AvgIpc) is 2.77. The fourth-order valence-electron chi connectivity index (χ4n) is 3.47. The van der Waals surface area contributed by atoms with E-state index in [4.69, 9.17) is 21.2 Å². The highest BCUT2D eigenvalue weighted by Gasteiger charge is 2.44. The standard InChI is InChI=1S/C22H25ClF2N2O6S/c1-22(34(2,30)31,21(29)26-33-20-5-3-4-10-32-20)8-9-27-13-18(25)16(12-19(27)28)15-7-6-14(23)11-17(15)24/h6-7,11-13,20H,3-5,8-10H2,1-2H3,(H,26,29)/t20?,22-/m1/s1. The van der Waals surface area contributed by atoms with Gasteiger partial charge in [0.2, 0.25) is 0 Å². The number of hydrogen-bond acceptors (Lipinski definition) is 6. The predicted molar refractivity (Wildman–Crippen MR) is 122 cm³/mol. The zero-order chi connectivity index (χ0) is 25.1. The summed E-state index contributed by atoms with van der Waals surface area (Å²) in [6.45, 7) is 1.37. The van der Waals surface area contributed by atoms with Crippen molar-refractivity contribution >= 4 is 27.3 Å². The van der Waals surface area contributed by atoms with Gasteiger partial charge in [-0.15, -0.1) is 0 Å². The normalized spacial score (nSPS) is 18.3. The minimum absolute atomic E-state index is 0.118. The van der Waals surface area contributed by atoms with Crippen molar-refractivity contribution in [1.29, 1.82) is 0 Å². The Kier molecular flexibility index (Phi) is 8.12. The van der Waals surface area contributed by atoms with Crippen LogP contribution in [0.4, 0.5) is 8.78 Å². The number of aryl methyl sites for hydroxylation is 1. The Morgan fingerprint density at radius 1 is 1.26 bits per heavy atom. The molecule has 0 saturated carbocycles. The summed E-state index contributed by atoms with van der Waals surface area (Å²) in [5.74, 6) is -2.63. The largest absolute Gasteiger partial charge is 0.350 e. The van der Waals surface area contributed by atoms with E-state index < -0.39 is 44.0 Å². The van der Waals surface area contributed by atoms with Crippen LogP contribution in [0.5, 0.6) is 0 Å². The molecule has 3 rings (SSSR count). The average molecular weight is 519 g/mol. The molecule has 2 heterocycles. The first kappa shape index (κ1) is 26.3. The lowest BCUT2D eigenvalue weighted by Gasteiger charge is -2.28. The van der Waals surface area contributed by atoms with Crippen molar-refractivity contribution in [3.05, 3.63) is 57.5 Å². The summed E-state index contributed by atoms with van der Waals surface area (Å²) in [5.41, 5.74) is 1.04. The van der Waals surface area contributed by atoms with Gasteiger partial charge in [0.1, 0.15) is 11.6 Å². The predicted octanol–water partition coefficient (Wildman–Crippen LogP) is 3.21. The van der Waals surface area contributed by atoms with Gasteiger partial charge in [-0.3, -0.25) is 9.59 Å². The fraction of sp³-hybridized carbons (Fsp3) is 0.455. The Morgan fingerprint density at radius 2 is 2.00 bits per heavy atom. The molecule has 1 aliphatic rings. The monoisotopic (exact) mass is 518 g/mol. The maximum absolute atomic E-state index is 14.7. The van der Waals surface area contributed by atoms with E-state index in [1.807, 2.05) is 0 Å². The molecule has 1 aromatic heterocycles. The molecule has 1 fully saturated rings. The maximum Gasteiger partial charge on any atom is 0.264 e. The molecule has 0 aliphatic carbocycles. The number of halogens is 3. The lowest BCUT2D eigenvalue weighted by atomic mass is 10.0. The molecule has 1 unspecified atom stereocenters. The van der Waals surface area contributed by atoms with E-state index >= 15 is 0 Å². The number of pyridine rings is 1. The fourth-order valence-corrected chi connectivity index (χ4v) is 4.47. The first-order valence-corrected chi connectivity index (χ1v) is 12.8. The molecule has 34 heavy (non-hydrogen) atoms. The van der Waals surface area contributed by atoms with Crippen LogP contribution in [0.15, 0.2) is 35.3 Å². The second-order valence-corrected chi connectivity index (χ2v) is 11.2. The van der Waals surface area contributed by atoms with Crippen molar-refractivity contribution < 1.29 is 31.6 Å². The zero-order valence-electron chi connectivity index (χ0n) is 18.6. The smallest absolute Gasteiger partial charge is 0.264 e. The summed E-state index contributed by atoms with van der Waals surface area (Å²) < 4.78 is 58.1. The van der Waals surface area contributed by atoms with Gasteiger partial charge in [-0.2, -0.15) is 0 Å². The topological polar surface area (TPSA) is 104 Å². The Balaban J connectivity index is 1.79. The van der Waals surface area contributed by atoms with Crippen LogP contribution >= 0.6 is 11.6 Å². The molecule has 0 radical (unpaired) electrons. The Hall–Kier alpha value is -2.34. The SMILES string of the molecule is C[C@@](CCn1cc(F)c(-c2ccc(Cl)cc2F)cc1=O)(C(=O)NOC1CCCCO1)S(C)(=O)=O. The van der Waals surface area contributed by atoms with Crippen LogP contribution in [0.25, 0.3) is 11.1 Å². The maximum atomic E-state index is 14.7. The van der Waals surface area contributed by atoms with E-state index in [0.29, 0.717) is 13.0 Å². The van der Waals surface area contributed by atoms with E-state index in [-0.39, 0.29) is 29.1 Å². The number of carbonyl (C=O) groups excluding carboxylic acids is 1. The number of hydrogen-bond donors (Lipinski definition) is 1. The van der Waals surface area contributed by atoms with E-state index in [2.05, 4.69) is 5.48 Å². The lowest BCUT2D eigenvalue weighted by Crippen LogP contribution is -2.51. The summed E-state index contributed by atoms with van der Waals surface area (Å²) in [5, 5.41) is 0.118. The quantitative estimate of drug-likeness (QED) is 0.538. The summed E-state index contributed by atoms with van der Waals surface area (Å²) in [6.07, 6.45) is 2.96. The molecule has 1 amide bonds. The van der Waals surface area contributed by atoms with Gasteiger partial charge in [-0.05, 0) is 44.4 Å². The highest BCUT2D eigenvalue weighted by Crippen LogP contribution is 2.27. The summed E-state index contributed by atoms with van der Waals surface area (Å²) in [6, 6.07) is 4.52. The molecule has 0 spiro atoms. The minimum atomic E-state index is -3.97.